The fraction of sp³-hybridized carbons (Fsp3) is 0.214. The zero-order valence-electron chi connectivity index (χ0n) is 12.4. The molecule has 0 aliphatic rings. The van der Waals surface area contributed by atoms with E-state index >= 15 is 0 Å². The molecule has 0 fully saturated rings. The molecule has 0 saturated heterocycles. The Kier molecular flexibility index (Phi) is 4.39. The van der Waals surface area contributed by atoms with Gasteiger partial charge in [-0.3, -0.25) is 24.0 Å². The van der Waals surface area contributed by atoms with Crippen molar-refractivity contribution in [1.82, 2.24) is 9.13 Å². The molecule has 0 N–H and O–H groups in total. The lowest BCUT2D eigenvalue weighted by molar-refractivity contribution is -0.384. The van der Waals surface area contributed by atoms with Gasteiger partial charge in [0.25, 0.3) is 11.2 Å². The third kappa shape index (κ3) is 3.34. The van der Waals surface area contributed by atoms with Gasteiger partial charge in [0.2, 0.25) is 0 Å². The molecule has 1 aromatic carbocycles. The first-order valence-corrected chi connectivity index (χ1v) is 6.49. The van der Waals surface area contributed by atoms with Gasteiger partial charge in [0, 0.05) is 32.3 Å². The monoisotopic (exact) mass is 319 g/mol. The van der Waals surface area contributed by atoms with Gasteiger partial charge >= 0.3 is 11.7 Å². The van der Waals surface area contributed by atoms with E-state index in [1.54, 1.807) is 0 Å². The van der Waals surface area contributed by atoms with Gasteiger partial charge in [-0.1, -0.05) is 0 Å². The molecule has 0 bridgehead atoms. The number of carbonyl (C=O) groups excluding carboxylic acids is 1. The number of hydrogen-bond donors (Lipinski definition) is 0. The van der Waals surface area contributed by atoms with Crippen LogP contribution in [0.5, 0.6) is 0 Å². The van der Waals surface area contributed by atoms with E-state index in [1.165, 1.54) is 49.0 Å². The van der Waals surface area contributed by atoms with Crippen LogP contribution in [-0.2, 0) is 25.4 Å². The Morgan fingerprint density at radius 2 is 1.78 bits per heavy atom. The third-order valence-corrected chi connectivity index (χ3v) is 3.29. The van der Waals surface area contributed by atoms with E-state index < -0.39 is 22.1 Å². The van der Waals surface area contributed by atoms with Gasteiger partial charge in [0.15, 0.2) is 0 Å². The largest absolute Gasteiger partial charge is 0.456 e. The Morgan fingerprint density at radius 3 is 2.35 bits per heavy atom. The summed E-state index contributed by atoms with van der Waals surface area (Å²) in [5, 5.41) is 10.5. The van der Waals surface area contributed by atoms with Gasteiger partial charge in [-0.25, -0.2) is 9.59 Å². The number of benzene rings is 1. The van der Waals surface area contributed by atoms with Gasteiger partial charge in [-0.15, -0.1) is 0 Å². The summed E-state index contributed by atoms with van der Waals surface area (Å²) in [4.78, 5) is 45.2. The summed E-state index contributed by atoms with van der Waals surface area (Å²) in [5.41, 5.74) is -0.804. The number of non-ortho nitro benzene ring substituents is 1. The summed E-state index contributed by atoms with van der Waals surface area (Å²) < 4.78 is 7.16. The first-order chi connectivity index (χ1) is 10.8. The lowest BCUT2D eigenvalue weighted by Crippen LogP contribution is -2.38. The minimum atomic E-state index is -0.715. The van der Waals surface area contributed by atoms with Crippen molar-refractivity contribution >= 4 is 11.7 Å². The second-order valence-corrected chi connectivity index (χ2v) is 4.75. The lowest BCUT2D eigenvalue weighted by atomic mass is 10.2. The molecule has 9 heteroatoms. The number of ether oxygens (including phenoxy) is 1. The molecular formula is C14H13N3O6. The molecule has 0 radical (unpaired) electrons. The van der Waals surface area contributed by atoms with Crippen molar-refractivity contribution in [3.05, 3.63) is 72.5 Å². The molecule has 120 valence electrons. The molecule has 23 heavy (non-hydrogen) atoms. The Bertz CT molecular complexity index is 879. The zero-order valence-corrected chi connectivity index (χ0v) is 12.4. The maximum atomic E-state index is 11.9. The first-order valence-electron chi connectivity index (χ1n) is 6.49. The fourth-order valence-electron chi connectivity index (χ4n) is 1.86. The summed E-state index contributed by atoms with van der Waals surface area (Å²) in [5.74, 6) is -0.715. The summed E-state index contributed by atoms with van der Waals surface area (Å²) >= 11 is 0. The minimum absolute atomic E-state index is 0.129. The van der Waals surface area contributed by atoms with Crippen LogP contribution < -0.4 is 11.2 Å². The minimum Gasteiger partial charge on any atom is -0.456 e. The lowest BCUT2D eigenvalue weighted by Gasteiger charge is -2.10. The maximum absolute atomic E-state index is 11.9. The van der Waals surface area contributed by atoms with Crippen molar-refractivity contribution in [3.63, 3.8) is 0 Å². The van der Waals surface area contributed by atoms with Gasteiger partial charge in [0.05, 0.1) is 16.2 Å². The number of carbonyl (C=O) groups is 1. The Balaban J connectivity index is 2.15. The van der Waals surface area contributed by atoms with Gasteiger partial charge in [-0.05, 0) is 12.1 Å². The van der Waals surface area contributed by atoms with E-state index in [2.05, 4.69) is 0 Å². The molecule has 0 aliphatic carbocycles. The van der Waals surface area contributed by atoms with Crippen LogP contribution in [0, 0.1) is 10.1 Å². The first kappa shape index (κ1) is 16.1. The number of esters is 1. The third-order valence-electron chi connectivity index (χ3n) is 3.29. The van der Waals surface area contributed by atoms with Crippen molar-refractivity contribution in [2.75, 3.05) is 0 Å². The number of rotatable bonds is 4. The predicted octanol–water partition coefficient (Wildman–Crippen LogP) is 0.349. The van der Waals surface area contributed by atoms with Crippen molar-refractivity contribution in [1.29, 1.82) is 0 Å². The molecule has 0 spiro atoms. The van der Waals surface area contributed by atoms with Crippen LogP contribution >= 0.6 is 0 Å². The van der Waals surface area contributed by atoms with E-state index in [4.69, 9.17) is 4.74 Å². The summed E-state index contributed by atoms with van der Waals surface area (Å²) in [6.07, 6.45) is 0. The molecule has 2 aromatic rings. The summed E-state index contributed by atoms with van der Waals surface area (Å²) in [7, 11) is 2.80. The maximum Gasteiger partial charge on any atom is 0.338 e. The predicted molar refractivity (Wildman–Crippen MR) is 79.1 cm³/mol. The quantitative estimate of drug-likeness (QED) is 0.456. The SMILES string of the molecule is Cn1c(COC(=O)c2ccc([N+](=O)[O-])cc2)cc(=O)n(C)c1=O. The van der Waals surface area contributed by atoms with Crippen molar-refractivity contribution in [2.24, 2.45) is 14.1 Å². The molecule has 1 heterocycles. The van der Waals surface area contributed by atoms with Gasteiger partial charge in [-0.2, -0.15) is 0 Å². The highest BCUT2D eigenvalue weighted by atomic mass is 16.6. The molecule has 0 amide bonds. The van der Waals surface area contributed by atoms with Crippen LogP contribution in [-0.4, -0.2) is 20.0 Å². The van der Waals surface area contributed by atoms with Crippen molar-refractivity contribution in [3.8, 4) is 0 Å². The topological polar surface area (TPSA) is 113 Å². The van der Waals surface area contributed by atoms with E-state index in [9.17, 15) is 24.5 Å². The normalized spacial score (nSPS) is 10.3. The fourth-order valence-corrected chi connectivity index (χ4v) is 1.86. The molecule has 0 atom stereocenters. The highest BCUT2D eigenvalue weighted by Gasteiger charge is 2.12. The van der Waals surface area contributed by atoms with Crippen LogP contribution in [0.3, 0.4) is 0 Å². The van der Waals surface area contributed by atoms with Crippen LogP contribution in [0.15, 0.2) is 39.9 Å². The molecule has 1 aromatic heterocycles. The Hall–Kier alpha value is -3.23. The second kappa shape index (κ2) is 6.26. The number of nitrogens with zero attached hydrogens (tertiary/aromatic N) is 3. The Morgan fingerprint density at radius 1 is 1.17 bits per heavy atom. The summed E-state index contributed by atoms with van der Waals surface area (Å²) in [6, 6.07) is 6.10. The number of aromatic nitrogens is 2. The molecule has 0 unspecified atom stereocenters. The van der Waals surface area contributed by atoms with E-state index in [1.807, 2.05) is 0 Å². The van der Waals surface area contributed by atoms with E-state index in [-0.39, 0.29) is 23.6 Å². The average Bonchev–Trinajstić information content (AvgIpc) is 2.54. The van der Waals surface area contributed by atoms with Crippen LogP contribution in [0.2, 0.25) is 0 Å². The van der Waals surface area contributed by atoms with Crippen molar-refractivity contribution in [2.45, 2.75) is 6.61 Å². The second-order valence-electron chi connectivity index (χ2n) is 4.75. The van der Waals surface area contributed by atoms with E-state index in [0.29, 0.717) is 0 Å². The van der Waals surface area contributed by atoms with Gasteiger partial charge < -0.3 is 4.74 Å². The van der Waals surface area contributed by atoms with E-state index in [0.717, 1.165) is 4.57 Å². The standard InChI is InChI=1S/C14H13N3O6/c1-15-11(7-12(18)16(2)14(15)20)8-23-13(19)9-3-5-10(6-4-9)17(21)22/h3-7H,8H2,1-2H3. The zero-order chi connectivity index (χ0) is 17.1. The number of nitro benzene ring substituents is 1. The molecule has 0 saturated carbocycles. The van der Waals surface area contributed by atoms with Crippen molar-refractivity contribution < 1.29 is 14.5 Å². The average molecular weight is 319 g/mol. The van der Waals surface area contributed by atoms with Gasteiger partial charge in [0.1, 0.15) is 6.61 Å². The highest BCUT2D eigenvalue weighted by Crippen LogP contribution is 2.13. The van der Waals surface area contributed by atoms with Crippen LogP contribution in [0.25, 0.3) is 0 Å². The van der Waals surface area contributed by atoms with Crippen LogP contribution in [0.4, 0.5) is 5.69 Å². The number of nitro groups is 1. The smallest absolute Gasteiger partial charge is 0.338 e. The highest BCUT2D eigenvalue weighted by molar-refractivity contribution is 5.89. The Labute approximate surface area is 129 Å². The molecular weight excluding hydrogens is 306 g/mol. The molecule has 0 aliphatic heterocycles. The number of hydrogen-bond acceptors (Lipinski definition) is 6. The molecule has 2 rings (SSSR count). The molecule has 9 nitrogen and oxygen atoms in total. The summed E-state index contributed by atoms with van der Waals surface area (Å²) in [6.45, 7) is -0.266. The van der Waals surface area contributed by atoms with Crippen LogP contribution in [0.1, 0.15) is 16.1 Å².